The summed E-state index contributed by atoms with van der Waals surface area (Å²) in [6, 6.07) is 0. The Morgan fingerprint density at radius 1 is 1.00 bits per heavy atom. The van der Waals surface area contributed by atoms with Crippen LogP contribution in [0.2, 0.25) is 0 Å². The van der Waals surface area contributed by atoms with Gasteiger partial charge in [0.15, 0.2) is 0 Å². The van der Waals surface area contributed by atoms with Crippen LogP contribution in [-0.2, 0) is 0 Å². The lowest BCUT2D eigenvalue weighted by Crippen LogP contribution is -2.35. The van der Waals surface area contributed by atoms with Gasteiger partial charge in [-0.15, -0.1) is 6.61 Å². The summed E-state index contributed by atoms with van der Waals surface area (Å²) in [4.78, 5) is 1.73. The highest BCUT2D eigenvalue weighted by Gasteiger charge is 1.98. The third-order valence-corrected chi connectivity index (χ3v) is 1.24. The average Bonchev–Trinajstić information content (AvgIpc) is 1.90. The quantitative estimate of drug-likeness (QED) is 0.442. The SMILES string of the molecule is [O-]CCN(CCO)CCO. The topological polar surface area (TPSA) is 66.8 Å². The molecule has 0 spiro atoms. The van der Waals surface area contributed by atoms with Gasteiger partial charge in [0.05, 0.1) is 13.2 Å². The van der Waals surface area contributed by atoms with Crippen molar-refractivity contribution in [3.05, 3.63) is 0 Å². The van der Waals surface area contributed by atoms with Crippen molar-refractivity contribution in [2.24, 2.45) is 0 Å². The van der Waals surface area contributed by atoms with Gasteiger partial charge in [0, 0.05) is 13.1 Å². The molecule has 4 nitrogen and oxygen atoms in total. The maximum atomic E-state index is 10.1. The van der Waals surface area contributed by atoms with Crippen molar-refractivity contribution in [2.75, 3.05) is 39.5 Å². The van der Waals surface area contributed by atoms with Crippen molar-refractivity contribution >= 4 is 0 Å². The van der Waals surface area contributed by atoms with Gasteiger partial charge in [-0.1, -0.05) is 0 Å². The summed E-state index contributed by atoms with van der Waals surface area (Å²) in [7, 11) is 0. The molecule has 0 rings (SSSR count). The molecule has 0 aromatic rings. The fourth-order valence-electron chi connectivity index (χ4n) is 0.747. The monoisotopic (exact) mass is 148 g/mol. The molecule has 0 aliphatic rings. The Morgan fingerprint density at radius 3 is 1.80 bits per heavy atom. The summed E-state index contributed by atoms with van der Waals surface area (Å²) >= 11 is 0. The van der Waals surface area contributed by atoms with Crippen LogP contribution in [0.15, 0.2) is 0 Å². The predicted molar refractivity (Wildman–Crippen MR) is 35.5 cm³/mol. The number of hydrogen-bond donors (Lipinski definition) is 2. The van der Waals surface area contributed by atoms with E-state index in [9.17, 15) is 5.11 Å². The zero-order valence-corrected chi connectivity index (χ0v) is 5.99. The molecule has 62 valence electrons. The lowest BCUT2D eigenvalue weighted by atomic mass is 10.4. The molecule has 0 heterocycles. The highest BCUT2D eigenvalue weighted by Crippen LogP contribution is 1.83. The Hall–Kier alpha value is -0.160. The molecule has 4 heteroatoms. The molecule has 0 fully saturated rings. The Morgan fingerprint density at radius 2 is 1.50 bits per heavy atom. The smallest absolute Gasteiger partial charge is 0.0558 e. The molecule has 0 amide bonds. The first-order valence-electron chi connectivity index (χ1n) is 3.37. The molecular formula is C6H14NO3-. The summed E-state index contributed by atoms with van der Waals surface area (Å²) in [5.41, 5.74) is 0. The Kier molecular flexibility index (Phi) is 6.84. The van der Waals surface area contributed by atoms with E-state index in [1.54, 1.807) is 4.90 Å². The van der Waals surface area contributed by atoms with E-state index in [0.29, 0.717) is 19.6 Å². The predicted octanol–water partition coefficient (Wildman–Crippen LogP) is -2.37. The minimum atomic E-state index is -0.181. The second-order valence-electron chi connectivity index (χ2n) is 1.99. The van der Waals surface area contributed by atoms with E-state index in [1.165, 1.54) is 0 Å². The van der Waals surface area contributed by atoms with Gasteiger partial charge in [-0.2, -0.15) is 0 Å². The van der Waals surface area contributed by atoms with Crippen LogP contribution in [-0.4, -0.2) is 54.6 Å². The van der Waals surface area contributed by atoms with Crippen LogP contribution >= 0.6 is 0 Å². The Balaban J connectivity index is 3.30. The zero-order chi connectivity index (χ0) is 7.82. The summed E-state index contributed by atoms with van der Waals surface area (Å²) in [5.74, 6) is 0. The Labute approximate surface area is 60.7 Å². The first-order valence-corrected chi connectivity index (χ1v) is 3.37. The van der Waals surface area contributed by atoms with Gasteiger partial charge in [0.1, 0.15) is 0 Å². The van der Waals surface area contributed by atoms with Gasteiger partial charge < -0.3 is 20.2 Å². The molecule has 0 unspecified atom stereocenters. The van der Waals surface area contributed by atoms with Gasteiger partial charge in [0.25, 0.3) is 0 Å². The number of aliphatic hydroxyl groups is 2. The molecule has 0 aromatic heterocycles. The highest BCUT2D eigenvalue weighted by molar-refractivity contribution is 4.53. The van der Waals surface area contributed by atoms with Crippen molar-refractivity contribution in [2.45, 2.75) is 0 Å². The van der Waals surface area contributed by atoms with E-state index in [0.717, 1.165) is 0 Å². The number of nitrogens with zero attached hydrogens (tertiary/aromatic N) is 1. The summed E-state index contributed by atoms with van der Waals surface area (Å²) in [6.45, 7) is 1.26. The molecule has 0 bridgehead atoms. The Bertz CT molecular complexity index is 55.7. The first-order chi connectivity index (χ1) is 4.85. The van der Waals surface area contributed by atoms with Crippen LogP contribution < -0.4 is 5.11 Å². The van der Waals surface area contributed by atoms with E-state index in [4.69, 9.17) is 10.2 Å². The van der Waals surface area contributed by atoms with Crippen LogP contribution in [0.25, 0.3) is 0 Å². The van der Waals surface area contributed by atoms with Gasteiger partial charge in [0.2, 0.25) is 0 Å². The van der Waals surface area contributed by atoms with E-state index in [2.05, 4.69) is 0 Å². The van der Waals surface area contributed by atoms with E-state index in [1.807, 2.05) is 0 Å². The van der Waals surface area contributed by atoms with E-state index >= 15 is 0 Å². The van der Waals surface area contributed by atoms with Crippen LogP contribution in [0.5, 0.6) is 0 Å². The van der Waals surface area contributed by atoms with Crippen molar-refractivity contribution < 1.29 is 15.3 Å². The standard InChI is InChI=1S/C6H14NO3/c8-4-1-7(2-5-9)3-6-10/h8-9H,1-6H2/q-1. The second kappa shape index (κ2) is 6.95. The minimum absolute atomic E-state index is 0.0417. The molecule has 0 atom stereocenters. The third-order valence-electron chi connectivity index (χ3n) is 1.24. The lowest BCUT2D eigenvalue weighted by Gasteiger charge is -2.21. The number of aliphatic hydroxyl groups excluding tert-OH is 2. The fraction of sp³-hybridized carbons (Fsp3) is 1.00. The van der Waals surface area contributed by atoms with E-state index < -0.39 is 0 Å². The number of rotatable bonds is 6. The molecule has 0 saturated heterocycles. The van der Waals surface area contributed by atoms with Crippen molar-refractivity contribution in [1.29, 1.82) is 0 Å². The normalized spacial score (nSPS) is 10.8. The van der Waals surface area contributed by atoms with E-state index in [-0.39, 0.29) is 19.8 Å². The maximum absolute atomic E-state index is 10.1. The van der Waals surface area contributed by atoms with Gasteiger partial charge in [-0.25, -0.2) is 0 Å². The van der Waals surface area contributed by atoms with Gasteiger partial charge in [-0.3, -0.25) is 0 Å². The molecule has 2 N–H and O–H groups in total. The molecule has 0 saturated carbocycles. The van der Waals surface area contributed by atoms with Crippen molar-refractivity contribution in [3.63, 3.8) is 0 Å². The summed E-state index contributed by atoms with van der Waals surface area (Å²) < 4.78 is 0. The zero-order valence-electron chi connectivity index (χ0n) is 5.99. The fourth-order valence-corrected chi connectivity index (χ4v) is 0.747. The minimum Gasteiger partial charge on any atom is -0.854 e. The van der Waals surface area contributed by atoms with Crippen LogP contribution in [0.3, 0.4) is 0 Å². The van der Waals surface area contributed by atoms with Gasteiger partial charge >= 0.3 is 0 Å². The van der Waals surface area contributed by atoms with Crippen LogP contribution in [0, 0.1) is 0 Å². The van der Waals surface area contributed by atoms with Crippen LogP contribution in [0.1, 0.15) is 0 Å². The van der Waals surface area contributed by atoms with Crippen molar-refractivity contribution in [3.8, 4) is 0 Å². The largest absolute Gasteiger partial charge is 0.854 e. The average molecular weight is 148 g/mol. The maximum Gasteiger partial charge on any atom is 0.0558 e. The summed E-state index contributed by atoms with van der Waals surface area (Å²) in [6.07, 6.45) is 0. The molecular weight excluding hydrogens is 134 g/mol. The number of hydrogen-bond acceptors (Lipinski definition) is 4. The van der Waals surface area contributed by atoms with Crippen molar-refractivity contribution in [1.82, 2.24) is 4.90 Å². The highest BCUT2D eigenvalue weighted by atomic mass is 16.3. The first kappa shape index (κ1) is 9.84. The molecule has 0 aliphatic carbocycles. The molecule has 0 aromatic carbocycles. The summed E-state index contributed by atoms with van der Waals surface area (Å²) in [5, 5.41) is 27.0. The second-order valence-corrected chi connectivity index (χ2v) is 1.99. The molecule has 0 radical (unpaired) electrons. The lowest BCUT2D eigenvalue weighted by molar-refractivity contribution is -0.369. The van der Waals surface area contributed by atoms with Crippen LogP contribution in [0.4, 0.5) is 0 Å². The van der Waals surface area contributed by atoms with Gasteiger partial charge in [-0.05, 0) is 6.54 Å². The third kappa shape index (κ3) is 4.69. The molecule has 0 aliphatic heterocycles. The molecule has 10 heavy (non-hydrogen) atoms.